The lowest BCUT2D eigenvalue weighted by atomic mass is 10.1. The van der Waals surface area contributed by atoms with Crippen LogP contribution in [0.15, 0.2) is 18.2 Å². The number of ether oxygens (including phenoxy) is 2. The Balaban J connectivity index is 1.34. The van der Waals surface area contributed by atoms with Gasteiger partial charge in [0.1, 0.15) is 11.9 Å². The van der Waals surface area contributed by atoms with Crippen LogP contribution in [0.25, 0.3) is 5.65 Å². The second-order valence-corrected chi connectivity index (χ2v) is 8.06. The van der Waals surface area contributed by atoms with E-state index in [1.54, 1.807) is 6.92 Å². The molecule has 10 heteroatoms. The Labute approximate surface area is 176 Å². The Kier molecular flexibility index (Phi) is 4.76. The molecule has 0 saturated carbocycles. The van der Waals surface area contributed by atoms with E-state index in [4.69, 9.17) is 9.47 Å². The zero-order valence-electron chi connectivity index (χ0n) is 17.2. The number of fused-ring (bicyclic) bond motifs is 2. The number of nitrogens with zero attached hydrogens (tertiary/aromatic N) is 5. The molecule has 0 atom stereocenters. The Morgan fingerprint density at radius 2 is 1.77 bits per heavy atom. The van der Waals surface area contributed by atoms with Gasteiger partial charge in [-0.05, 0) is 37.1 Å². The molecule has 0 radical (unpaired) electrons. The summed E-state index contributed by atoms with van der Waals surface area (Å²) in [5.74, 6) is 0.252. The van der Waals surface area contributed by atoms with Crippen LogP contribution < -0.4 is 9.64 Å². The summed E-state index contributed by atoms with van der Waals surface area (Å²) in [4.78, 5) is 2.01. The highest BCUT2D eigenvalue weighted by Gasteiger charge is 2.38. The number of aromatic nitrogens is 4. The number of benzene rings is 1. The second-order valence-electron chi connectivity index (χ2n) is 8.06. The average molecular weight is 433 g/mol. The van der Waals surface area contributed by atoms with Crippen molar-refractivity contribution in [2.75, 3.05) is 18.0 Å². The zero-order chi connectivity index (χ0) is 21.8. The van der Waals surface area contributed by atoms with Crippen LogP contribution in [0.5, 0.6) is 5.75 Å². The summed E-state index contributed by atoms with van der Waals surface area (Å²) in [5, 5.41) is 11.3. The summed E-state index contributed by atoms with van der Waals surface area (Å²) in [6, 6.07) is 6.03. The molecule has 0 amide bonds. The minimum atomic E-state index is -4.62. The minimum absolute atomic E-state index is 0.0439. The fraction of sp³-hybridized carbons (Fsp3) is 0.476. The number of halogens is 3. The van der Waals surface area contributed by atoms with Crippen LogP contribution in [0.4, 0.5) is 19.0 Å². The number of alkyl halides is 3. The largest absolute Gasteiger partial charge is 0.490 e. The van der Waals surface area contributed by atoms with E-state index in [9.17, 15) is 13.2 Å². The number of piperidine rings is 1. The summed E-state index contributed by atoms with van der Waals surface area (Å²) in [6.07, 6.45) is -3.07. The predicted octanol–water partition coefficient (Wildman–Crippen LogP) is 3.84. The molecule has 4 heterocycles. The third kappa shape index (κ3) is 3.58. The summed E-state index contributed by atoms with van der Waals surface area (Å²) in [6.45, 7) is 6.14. The van der Waals surface area contributed by atoms with Crippen molar-refractivity contribution in [2.24, 2.45) is 0 Å². The molecule has 3 aromatic rings. The van der Waals surface area contributed by atoms with Gasteiger partial charge in [-0.25, -0.2) is 0 Å². The van der Waals surface area contributed by atoms with Crippen LogP contribution in [-0.2, 0) is 24.1 Å². The Morgan fingerprint density at radius 3 is 2.52 bits per heavy atom. The van der Waals surface area contributed by atoms with Gasteiger partial charge < -0.3 is 14.4 Å². The van der Waals surface area contributed by atoms with Gasteiger partial charge in [-0.1, -0.05) is 6.07 Å². The van der Waals surface area contributed by atoms with E-state index in [2.05, 4.69) is 15.3 Å². The van der Waals surface area contributed by atoms with Gasteiger partial charge in [0.15, 0.2) is 11.5 Å². The molecule has 2 aromatic heterocycles. The van der Waals surface area contributed by atoms with Crippen molar-refractivity contribution in [3.8, 4) is 5.75 Å². The van der Waals surface area contributed by atoms with Crippen LogP contribution in [0.2, 0.25) is 0 Å². The lowest BCUT2D eigenvalue weighted by Gasteiger charge is -2.34. The molecule has 7 nitrogen and oxygen atoms in total. The van der Waals surface area contributed by atoms with Gasteiger partial charge in [0, 0.05) is 37.1 Å². The normalized spacial score (nSPS) is 17.4. The SMILES string of the molecule is Cc1c(N2CCC(Oc3ccc4c(c3)COC4)CC2)nn2c(C(F)(F)F)nnc2c1C. The van der Waals surface area contributed by atoms with Crippen molar-refractivity contribution >= 4 is 11.5 Å². The number of rotatable bonds is 3. The number of anilines is 1. The van der Waals surface area contributed by atoms with E-state index in [1.807, 2.05) is 30.0 Å². The molecule has 1 aromatic carbocycles. The monoisotopic (exact) mass is 433 g/mol. The quantitative estimate of drug-likeness (QED) is 0.626. The summed E-state index contributed by atoms with van der Waals surface area (Å²) in [7, 11) is 0. The number of hydrogen-bond acceptors (Lipinski definition) is 6. The molecule has 0 spiro atoms. The molecule has 1 fully saturated rings. The van der Waals surface area contributed by atoms with Crippen molar-refractivity contribution in [1.29, 1.82) is 0 Å². The maximum absolute atomic E-state index is 13.3. The van der Waals surface area contributed by atoms with Gasteiger partial charge in [0.05, 0.1) is 13.2 Å². The molecule has 2 aliphatic heterocycles. The molecule has 0 unspecified atom stereocenters. The molecular weight excluding hydrogens is 411 g/mol. The number of hydrogen-bond donors (Lipinski definition) is 0. The van der Waals surface area contributed by atoms with Gasteiger partial charge in [0.25, 0.3) is 5.82 Å². The van der Waals surface area contributed by atoms with E-state index in [1.165, 1.54) is 5.56 Å². The van der Waals surface area contributed by atoms with Crippen LogP contribution in [0, 0.1) is 13.8 Å². The van der Waals surface area contributed by atoms with Gasteiger partial charge in [-0.3, -0.25) is 0 Å². The fourth-order valence-corrected chi connectivity index (χ4v) is 4.19. The van der Waals surface area contributed by atoms with E-state index in [0.717, 1.165) is 34.2 Å². The molecule has 5 rings (SSSR count). The van der Waals surface area contributed by atoms with Gasteiger partial charge >= 0.3 is 6.18 Å². The van der Waals surface area contributed by atoms with E-state index in [0.29, 0.717) is 37.7 Å². The van der Waals surface area contributed by atoms with Crippen molar-refractivity contribution in [3.05, 3.63) is 46.3 Å². The summed E-state index contributed by atoms with van der Waals surface area (Å²) >= 11 is 0. The third-order valence-electron chi connectivity index (χ3n) is 6.06. The van der Waals surface area contributed by atoms with E-state index in [-0.39, 0.29) is 11.8 Å². The highest BCUT2D eigenvalue weighted by molar-refractivity contribution is 5.59. The average Bonchev–Trinajstić information content (AvgIpc) is 3.37. The highest BCUT2D eigenvalue weighted by atomic mass is 19.4. The van der Waals surface area contributed by atoms with Crippen molar-refractivity contribution in [1.82, 2.24) is 19.8 Å². The van der Waals surface area contributed by atoms with Crippen molar-refractivity contribution in [3.63, 3.8) is 0 Å². The molecule has 0 N–H and O–H groups in total. The first-order valence-electron chi connectivity index (χ1n) is 10.2. The van der Waals surface area contributed by atoms with Crippen LogP contribution in [-0.4, -0.2) is 39.0 Å². The Morgan fingerprint density at radius 1 is 1.03 bits per heavy atom. The molecule has 1 saturated heterocycles. The third-order valence-corrected chi connectivity index (χ3v) is 6.06. The topological polar surface area (TPSA) is 64.8 Å². The number of aryl methyl sites for hydroxylation is 1. The lowest BCUT2D eigenvalue weighted by molar-refractivity contribution is -0.146. The zero-order valence-corrected chi connectivity index (χ0v) is 17.2. The van der Waals surface area contributed by atoms with Gasteiger partial charge in [-0.2, -0.15) is 17.7 Å². The standard InChI is InChI=1S/C21H22F3N5O2/c1-12-13(2)19(27-29-18(12)25-26-20(29)21(22,23)24)28-7-5-16(6-8-28)31-17-4-3-14-10-30-11-15(14)9-17/h3-4,9,16H,5-8,10-11H2,1-2H3. The van der Waals surface area contributed by atoms with E-state index < -0.39 is 12.0 Å². The first-order valence-corrected chi connectivity index (χ1v) is 10.2. The van der Waals surface area contributed by atoms with Crippen molar-refractivity contribution in [2.45, 2.75) is 52.2 Å². The Hall–Kier alpha value is -2.88. The molecule has 2 aliphatic rings. The van der Waals surface area contributed by atoms with Gasteiger partial charge in [0.2, 0.25) is 0 Å². The summed E-state index contributed by atoms with van der Waals surface area (Å²) in [5.41, 5.74) is 3.94. The lowest BCUT2D eigenvalue weighted by Crippen LogP contribution is -2.39. The van der Waals surface area contributed by atoms with Gasteiger partial charge in [-0.15, -0.1) is 15.3 Å². The molecule has 0 aliphatic carbocycles. The maximum atomic E-state index is 13.3. The van der Waals surface area contributed by atoms with Crippen LogP contribution in [0.1, 0.15) is 40.9 Å². The fourth-order valence-electron chi connectivity index (χ4n) is 4.19. The predicted molar refractivity (Wildman–Crippen MR) is 106 cm³/mol. The molecule has 31 heavy (non-hydrogen) atoms. The molecule has 0 bridgehead atoms. The Bertz CT molecular complexity index is 1140. The minimum Gasteiger partial charge on any atom is -0.490 e. The summed E-state index contributed by atoms with van der Waals surface area (Å²) < 4.78 is 52.3. The maximum Gasteiger partial charge on any atom is 0.453 e. The van der Waals surface area contributed by atoms with E-state index >= 15 is 0 Å². The smallest absolute Gasteiger partial charge is 0.453 e. The first-order chi connectivity index (χ1) is 14.8. The second kappa shape index (κ2) is 7.37. The molecular formula is C21H22F3N5O2. The first kappa shape index (κ1) is 20.0. The van der Waals surface area contributed by atoms with Crippen LogP contribution >= 0.6 is 0 Å². The molecule has 164 valence electrons. The van der Waals surface area contributed by atoms with Crippen LogP contribution in [0.3, 0.4) is 0 Å². The highest BCUT2D eigenvalue weighted by Crippen LogP contribution is 2.32. The van der Waals surface area contributed by atoms with Crippen molar-refractivity contribution < 1.29 is 22.6 Å².